The van der Waals surface area contributed by atoms with E-state index in [9.17, 15) is 0 Å². The van der Waals surface area contributed by atoms with E-state index in [-0.39, 0.29) is 0 Å². The van der Waals surface area contributed by atoms with Crippen molar-refractivity contribution in [3.8, 4) is 0 Å². The second kappa shape index (κ2) is 5.51. The molecule has 5 heteroatoms. The Morgan fingerprint density at radius 1 is 1.15 bits per heavy atom. The van der Waals surface area contributed by atoms with Gasteiger partial charge in [-0.2, -0.15) is 5.10 Å². The monoisotopic (exact) mass is 301 g/mol. The lowest BCUT2D eigenvalue weighted by Gasteiger charge is -2.04. The van der Waals surface area contributed by atoms with Crippen molar-refractivity contribution in [3.05, 3.63) is 70.0 Å². The molecule has 98 valence electrons. The van der Waals surface area contributed by atoms with Crippen LogP contribution in [0.2, 0.25) is 10.0 Å². The summed E-state index contributed by atoms with van der Waals surface area (Å²) in [6, 6.07) is 5.47. The number of hydrogen-bond acceptors (Lipinski definition) is 2. The molecule has 2 aromatic rings. The number of aromatic amines is 1. The summed E-state index contributed by atoms with van der Waals surface area (Å²) < 4.78 is 0. The zero-order valence-corrected chi connectivity index (χ0v) is 11.8. The third-order valence-corrected chi connectivity index (χ3v) is 3.70. The lowest BCUT2D eigenvalue weighted by Crippen LogP contribution is -1.83. The van der Waals surface area contributed by atoms with Crippen molar-refractivity contribution in [1.82, 2.24) is 10.2 Å². The van der Waals surface area contributed by atoms with E-state index in [0.717, 1.165) is 16.7 Å². The molecule has 3 nitrogen and oxygen atoms in total. The molecule has 0 unspecified atom stereocenters. The van der Waals surface area contributed by atoms with Gasteiger partial charge in [-0.15, -0.1) is 0 Å². The molecule has 2 heterocycles. The van der Waals surface area contributed by atoms with Gasteiger partial charge < -0.3 is 0 Å². The van der Waals surface area contributed by atoms with E-state index in [1.54, 1.807) is 18.3 Å². The number of benzene rings is 1. The highest BCUT2D eigenvalue weighted by molar-refractivity contribution is 6.43. The van der Waals surface area contributed by atoms with Gasteiger partial charge in [-0.05, 0) is 23.6 Å². The first-order valence-electron chi connectivity index (χ1n) is 5.91. The number of H-pyrrole nitrogens is 1. The Bertz CT molecular complexity index is 764. The van der Waals surface area contributed by atoms with Crippen LogP contribution in [0.25, 0.3) is 11.3 Å². The standard InChI is InChI=1S/C15H9Cl2N3/c16-13-3-1-2-12(15(13)17)14-5-4-10(6-7-18-14)11-8-19-20-9-11/h1-6,8-9H,(H,19,20). The average molecular weight is 302 g/mol. The van der Waals surface area contributed by atoms with Gasteiger partial charge in [0.05, 0.1) is 21.9 Å². The third kappa shape index (κ3) is 2.47. The maximum absolute atomic E-state index is 6.21. The molecule has 1 N–H and O–H groups in total. The van der Waals surface area contributed by atoms with E-state index in [1.807, 2.05) is 30.5 Å². The van der Waals surface area contributed by atoms with E-state index < -0.39 is 0 Å². The highest BCUT2D eigenvalue weighted by Crippen LogP contribution is 2.31. The predicted molar refractivity (Wildman–Crippen MR) is 83.0 cm³/mol. The summed E-state index contributed by atoms with van der Waals surface area (Å²) in [6.07, 6.45) is 9.19. The van der Waals surface area contributed by atoms with Crippen LogP contribution in [0.1, 0.15) is 11.1 Å². The van der Waals surface area contributed by atoms with Gasteiger partial charge >= 0.3 is 0 Å². The molecule has 0 radical (unpaired) electrons. The fraction of sp³-hybridized carbons (Fsp3) is 0. The van der Waals surface area contributed by atoms with Gasteiger partial charge in [-0.25, -0.2) is 4.99 Å². The molecule has 0 saturated heterocycles. The van der Waals surface area contributed by atoms with Gasteiger partial charge in [0, 0.05) is 23.4 Å². The van der Waals surface area contributed by atoms with E-state index >= 15 is 0 Å². The molecule has 0 spiro atoms. The fourth-order valence-corrected chi connectivity index (χ4v) is 2.26. The van der Waals surface area contributed by atoms with Crippen LogP contribution in [0.15, 0.2) is 53.8 Å². The summed E-state index contributed by atoms with van der Waals surface area (Å²) in [6.45, 7) is 0. The minimum atomic E-state index is 0.492. The number of allylic oxidation sites excluding steroid dienone is 4. The van der Waals surface area contributed by atoms with Crippen LogP contribution in [0.4, 0.5) is 0 Å². The highest BCUT2D eigenvalue weighted by Gasteiger charge is 2.09. The van der Waals surface area contributed by atoms with Crippen LogP contribution in [0.5, 0.6) is 0 Å². The van der Waals surface area contributed by atoms with E-state index in [1.165, 1.54) is 0 Å². The van der Waals surface area contributed by atoms with Gasteiger partial charge in [0.2, 0.25) is 0 Å². The van der Waals surface area contributed by atoms with E-state index in [4.69, 9.17) is 23.2 Å². The van der Waals surface area contributed by atoms with Gasteiger partial charge in [-0.3, -0.25) is 5.10 Å². The normalized spacial score (nSPS) is 13.9. The summed E-state index contributed by atoms with van der Waals surface area (Å²) in [5.74, 6) is 2.90. The largest absolute Gasteiger partial charge is 0.285 e. The zero-order chi connectivity index (χ0) is 13.9. The third-order valence-electron chi connectivity index (χ3n) is 2.88. The van der Waals surface area contributed by atoms with Crippen LogP contribution in [0, 0.1) is 0 Å². The van der Waals surface area contributed by atoms with Crippen molar-refractivity contribution in [2.24, 2.45) is 4.99 Å². The molecule has 0 aliphatic carbocycles. The van der Waals surface area contributed by atoms with E-state index in [2.05, 4.69) is 21.1 Å². The minimum absolute atomic E-state index is 0.492. The number of nitrogens with zero attached hydrogens (tertiary/aromatic N) is 2. The molecule has 1 aromatic heterocycles. The van der Waals surface area contributed by atoms with Gasteiger partial charge in [0.25, 0.3) is 0 Å². The Balaban J connectivity index is 2.05. The number of rotatable bonds is 2. The second-order valence-corrected chi connectivity index (χ2v) is 4.93. The molecular formula is C15H9Cl2N3. The Kier molecular flexibility index (Phi) is 3.57. The van der Waals surface area contributed by atoms with Crippen molar-refractivity contribution < 1.29 is 0 Å². The molecular weight excluding hydrogens is 293 g/mol. The number of hydrogen-bond donors (Lipinski definition) is 1. The maximum atomic E-state index is 6.21. The number of aromatic nitrogens is 2. The first-order chi connectivity index (χ1) is 9.75. The summed E-state index contributed by atoms with van der Waals surface area (Å²) in [5, 5.41) is 7.70. The van der Waals surface area contributed by atoms with Crippen LogP contribution >= 0.6 is 23.2 Å². The molecule has 3 rings (SSSR count). The predicted octanol–water partition coefficient (Wildman–Crippen LogP) is 4.38. The highest BCUT2D eigenvalue weighted by atomic mass is 35.5. The molecule has 20 heavy (non-hydrogen) atoms. The molecule has 0 amide bonds. The first kappa shape index (κ1) is 12.9. The molecule has 0 atom stereocenters. The molecule has 0 saturated carbocycles. The molecule has 1 aromatic carbocycles. The van der Waals surface area contributed by atoms with Crippen LogP contribution in [0.3, 0.4) is 0 Å². The number of halogens is 2. The molecule has 0 bridgehead atoms. The SMILES string of the molecule is Clc1cccc(C2=CC=C(c3cn[nH]c3)C=C=N2)c1Cl. The van der Waals surface area contributed by atoms with E-state index in [0.29, 0.717) is 15.7 Å². The maximum Gasteiger partial charge on any atom is 0.0817 e. The van der Waals surface area contributed by atoms with Gasteiger partial charge in [-0.1, -0.05) is 41.4 Å². The Morgan fingerprint density at radius 2 is 2.05 bits per heavy atom. The van der Waals surface area contributed by atoms with Gasteiger partial charge in [0.1, 0.15) is 0 Å². The summed E-state index contributed by atoms with van der Waals surface area (Å²) in [7, 11) is 0. The molecule has 1 aliphatic rings. The summed E-state index contributed by atoms with van der Waals surface area (Å²) >= 11 is 12.2. The topological polar surface area (TPSA) is 41.0 Å². The number of nitrogens with one attached hydrogen (secondary N) is 1. The molecule has 0 fully saturated rings. The number of aliphatic imine (C=N–C) groups is 1. The van der Waals surface area contributed by atoms with Crippen molar-refractivity contribution in [3.63, 3.8) is 0 Å². The minimum Gasteiger partial charge on any atom is -0.285 e. The first-order valence-corrected chi connectivity index (χ1v) is 6.66. The fourth-order valence-electron chi connectivity index (χ4n) is 1.87. The molecule has 1 aliphatic heterocycles. The second-order valence-electron chi connectivity index (χ2n) is 4.15. The van der Waals surface area contributed by atoms with Crippen molar-refractivity contribution in [2.75, 3.05) is 0 Å². The Hall–Kier alpha value is -2.06. The zero-order valence-electron chi connectivity index (χ0n) is 10.3. The van der Waals surface area contributed by atoms with Crippen LogP contribution in [-0.2, 0) is 0 Å². The quantitative estimate of drug-likeness (QED) is 0.878. The van der Waals surface area contributed by atoms with Crippen molar-refractivity contribution in [1.29, 1.82) is 0 Å². The summed E-state index contributed by atoms with van der Waals surface area (Å²) in [5.41, 5.74) is 3.44. The smallest absolute Gasteiger partial charge is 0.0817 e. The van der Waals surface area contributed by atoms with Crippen molar-refractivity contribution in [2.45, 2.75) is 0 Å². The van der Waals surface area contributed by atoms with Crippen molar-refractivity contribution >= 4 is 40.3 Å². The van der Waals surface area contributed by atoms with Gasteiger partial charge in [0.15, 0.2) is 0 Å². The summed E-state index contributed by atoms with van der Waals surface area (Å²) in [4.78, 5) is 4.29. The Labute approximate surface area is 126 Å². The van der Waals surface area contributed by atoms with Crippen LogP contribution < -0.4 is 0 Å². The lowest BCUT2D eigenvalue weighted by molar-refractivity contribution is 1.09. The van der Waals surface area contributed by atoms with Crippen LogP contribution in [-0.4, -0.2) is 16.1 Å². The lowest BCUT2D eigenvalue weighted by atomic mass is 10.1. The Morgan fingerprint density at radius 3 is 2.85 bits per heavy atom. The average Bonchev–Trinajstić information content (AvgIpc) is 2.87.